The Bertz CT molecular complexity index is 505. The Labute approximate surface area is 120 Å². The molecule has 1 unspecified atom stereocenters. The average Bonchev–Trinajstić information content (AvgIpc) is 2.86. The third kappa shape index (κ3) is 2.80. The number of benzene rings is 1. The molecule has 4 heteroatoms. The maximum atomic E-state index is 12.7. The zero-order valence-corrected chi connectivity index (χ0v) is 12.6. The van der Waals surface area contributed by atoms with Crippen molar-refractivity contribution in [3.63, 3.8) is 0 Å². The van der Waals surface area contributed by atoms with Gasteiger partial charge in [0.15, 0.2) is 0 Å². The number of aliphatic hydroxyl groups is 1. The van der Waals surface area contributed by atoms with Crippen LogP contribution >= 0.6 is 0 Å². The number of rotatable bonds is 3. The molecular formula is C16H23NO3. The minimum Gasteiger partial charge on any atom is -0.497 e. The standard InChI is InChI=1S/C16H23NO3/c1-11-10-12(20-4)7-8-13(11)15(18)17-9-5-6-14(17)16(2,3)19/h7-8,10,14,19H,5-6,9H2,1-4H3. The van der Waals surface area contributed by atoms with E-state index in [0.717, 1.165) is 24.2 Å². The van der Waals surface area contributed by atoms with Gasteiger partial charge in [0.2, 0.25) is 0 Å². The maximum absolute atomic E-state index is 12.7. The second-order valence-corrected chi connectivity index (χ2v) is 5.99. The molecule has 0 radical (unpaired) electrons. The number of aryl methyl sites for hydroxylation is 1. The minimum absolute atomic E-state index is 0.00484. The summed E-state index contributed by atoms with van der Waals surface area (Å²) < 4.78 is 5.17. The van der Waals surface area contributed by atoms with Crippen LogP contribution in [0, 0.1) is 6.92 Å². The minimum atomic E-state index is -0.869. The van der Waals surface area contributed by atoms with Crippen LogP contribution in [0.2, 0.25) is 0 Å². The highest BCUT2D eigenvalue weighted by Crippen LogP contribution is 2.29. The van der Waals surface area contributed by atoms with Gasteiger partial charge < -0.3 is 14.7 Å². The van der Waals surface area contributed by atoms with Crippen molar-refractivity contribution in [2.45, 2.75) is 45.3 Å². The number of methoxy groups -OCH3 is 1. The molecule has 1 aliphatic rings. The normalized spacial score (nSPS) is 19.2. The lowest BCUT2D eigenvalue weighted by Crippen LogP contribution is -2.48. The van der Waals surface area contributed by atoms with Crippen molar-refractivity contribution >= 4 is 5.91 Å². The van der Waals surface area contributed by atoms with Crippen molar-refractivity contribution in [2.24, 2.45) is 0 Å². The van der Waals surface area contributed by atoms with E-state index in [2.05, 4.69) is 0 Å². The summed E-state index contributed by atoms with van der Waals surface area (Å²) in [6.45, 7) is 6.15. The van der Waals surface area contributed by atoms with Crippen LogP contribution in [0.15, 0.2) is 18.2 Å². The number of likely N-dealkylation sites (tertiary alicyclic amines) is 1. The Morgan fingerprint density at radius 1 is 1.45 bits per heavy atom. The van der Waals surface area contributed by atoms with Gasteiger partial charge in [0.25, 0.3) is 5.91 Å². The highest BCUT2D eigenvalue weighted by atomic mass is 16.5. The van der Waals surface area contributed by atoms with Crippen molar-refractivity contribution in [3.05, 3.63) is 29.3 Å². The summed E-state index contributed by atoms with van der Waals surface area (Å²) in [6.07, 6.45) is 1.79. The number of nitrogens with zero attached hydrogens (tertiary/aromatic N) is 1. The summed E-state index contributed by atoms with van der Waals surface area (Å²) in [5.74, 6) is 0.745. The molecule has 1 atom stereocenters. The predicted octanol–water partition coefficient (Wildman–Crippen LogP) is 2.38. The summed E-state index contributed by atoms with van der Waals surface area (Å²) in [6, 6.07) is 5.35. The van der Waals surface area contributed by atoms with E-state index in [-0.39, 0.29) is 11.9 Å². The van der Waals surface area contributed by atoms with Crippen LogP contribution in [-0.2, 0) is 0 Å². The molecule has 1 aliphatic heterocycles. The van der Waals surface area contributed by atoms with Gasteiger partial charge in [-0.15, -0.1) is 0 Å². The van der Waals surface area contributed by atoms with Crippen molar-refractivity contribution in [3.8, 4) is 5.75 Å². The van der Waals surface area contributed by atoms with Crippen molar-refractivity contribution < 1.29 is 14.6 Å². The lowest BCUT2D eigenvalue weighted by atomic mass is 9.96. The average molecular weight is 277 g/mol. The van der Waals surface area contributed by atoms with Gasteiger partial charge in [-0.1, -0.05) is 0 Å². The summed E-state index contributed by atoms with van der Waals surface area (Å²) in [5.41, 5.74) is 0.713. The number of amides is 1. The van der Waals surface area contributed by atoms with Crippen molar-refractivity contribution in [2.75, 3.05) is 13.7 Å². The van der Waals surface area contributed by atoms with Gasteiger partial charge in [-0.25, -0.2) is 0 Å². The zero-order chi connectivity index (χ0) is 14.9. The van der Waals surface area contributed by atoms with E-state index < -0.39 is 5.60 Å². The molecule has 1 heterocycles. The molecule has 0 aromatic heterocycles. The summed E-state index contributed by atoms with van der Waals surface area (Å²) >= 11 is 0. The Kier molecular flexibility index (Phi) is 4.04. The number of carbonyl (C=O) groups is 1. The second-order valence-electron chi connectivity index (χ2n) is 5.99. The first-order valence-corrected chi connectivity index (χ1v) is 7.02. The largest absolute Gasteiger partial charge is 0.497 e. The Morgan fingerprint density at radius 3 is 2.70 bits per heavy atom. The number of carbonyl (C=O) groups excluding carboxylic acids is 1. The molecule has 1 aromatic carbocycles. The Balaban J connectivity index is 2.27. The lowest BCUT2D eigenvalue weighted by Gasteiger charge is -2.34. The van der Waals surface area contributed by atoms with Gasteiger partial charge >= 0.3 is 0 Å². The molecule has 1 N–H and O–H groups in total. The molecule has 110 valence electrons. The van der Waals surface area contributed by atoms with Gasteiger partial charge in [0, 0.05) is 12.1 Å². The van der Waals surface area contributed by atoms with Gasteiger partial charge in [-0.3, -0.25) is 4.79 Å². The van der Waals surface area contributed by atoms with E-state index in [0.29, 0.717) is 12.1 Å². The highest BCUT2D eigenvalue weighted by molar-refractivity contribution is 5.96. The Hall–Kier alpha value is -1.55. The quantitative estimate of drug-likeness (QED) is 0.923. The summed E-state index contributed by atoms with van der Waals surface area (Å²) in [4.78, 5) is 14.5. The molecule has 4 nitrogen and oxygen atoms in total. The van der Waals surface area contributed by atoms with Gasteiger partial charge in [0.1, 0.15) is 5.75 Å². The molecule has 1 fully saturated rings. The fraction of sp³-hybridized carbons (Fsp3) is 0.562. The molecule has 1 aromatic rings. The summed E-state index contributed by atoms with van der Waals surface area (Å²) in [7, 11) is 1.61. The van der Waals surface area contributed by atoms with E-state index in [9.17, 15) is 9.90 Å². The fourth-order valence-electron chi connectivity index (χ4n) is 2.90. The highest BCUT2D eigenvalue weighted by Gasteiger charge is 2.38. The maximum Gasteiger partial charge on any atom is 0.254 e. The van der Waals surface area contributed by atoms with Crippen molar-refractivity contribution in [1.29, 1.82) is 0 Å². The van der Waals surface area contributed by atoms with E-state index in [1.54, 1.807) is 38.0 Å². The van der Waals surface area contributed by atoms with E-state index in [4.69, 9.17) is 4.74 Å². The van der Waals surface area contributed by atoms with Crippen molar-refractivity contribution in [1.82, 2.24) is 4.90 Å². The first-order valence-electron chi connectivity index (χ1n) is 7.02. The predicted molar refractivity (Wildman–Crippen MR) is 78.1 cm³/mol. The Morgan fingerprint density at radius 2 is 2.15 bits per heavy atom. The zero-order valence-electron chi connectivity index (χ0n) is 12.6. The fourth-order valence-corrected chi connectivity index (χ4v) is 2.90. The molecule has 0 aliphatic carbocycles. The van der Waals surface area contributed by atoms with Crippen LogP contribution in [0.25, 0.3) is 0 Å². The molecule has 0 saturated carbocycles. The van der Waals surface area contributed by atoms with Crippen LogP contribution < -0.4 is 4.74 Å². The van der Waals surface area contributed by atoms with Crippen LogP contribution in [0.1, 0.15) is 42.6 Å². The van der Waals surface area contributed by atoms with E-state index in [1.165, 1.54) is 0 Å². The summed E-state index contributed by atoms with van der Waals surface area (Å²) in [5, 5.41) is 10.2. The third-order valence-corrected chi connectivity index (χ3v) is 3.99. The van der Waals surface area contributed by atoms with Crippen LogP contribution in [0.4, 0.5) is 0 Å². The lowest BCUT2D eigenvalue weighted by molar-refractivity contribution is 0.000302. The molecule has 1 saturated heterocycles. The molecule has 0 spiro atoms. The van der Waals surface area contributed by atoms with Gasteiger partial charge in [0.05, 0.1) is 18.8 Å². The van der Waals surface area contributed by atoms with E-state index in [1.807, 2.05) is 13.0 Å². The molecule has 20 heavy (non-hydrogen) atoms. The SMILES string of the molecule is COc1ccc(C(=O)N2CCCC2C(C)(C)O)c(C)c1. The van der Waals surface area contributed by atoms with Crippen LogP contribution in [0.3, 0.4) is 0 Å². The number of hydrogen-bond acceptors (Lipinski definition) is 3. The van der Waals surface area contributed by atoms with Crippen LogP contribution in [-0.4, -0.2) is 41.2 Å². The molecule has 1 amide bonds. The van der Waals surface area contributed by atoms with E-state index >= 15 is 0 Å². The van der Waals surface area contributed by atoms with Crippen LogP contribution in [0.5, 0.6) is 5.75 Å². The first kappa shape index (κ1) is 14.9. The van der Waals surface area contributed by atoms with Gasteiger partial charge in [-0.2, -0.15) is 0 Å². The third-order valence-electron chi connectivity index (χ3n) is 3.99. The molecule has 0 bridgehead atoms. The number of ether oxygens (including phenoxy) is 1. The monoisotopic (exact) mass is 277 g/mol. The second kappa shape index (κ2) is 5.44. The topological polar surface area (TPSA) is 49.8 Å². The molecular weight excluding hydrogens is 254 g/mol. The number of hydrogen-bond donors (Lipinski definition) is 1. The smallest absolute Gasteiger partial charge is 0.254 e. The first-order chi connectivity index (χ1) is 9.34. The van der Waals surface area contributed by atoms with Gasteiger partial charge in [-0.05, 0) is 57.4 Å². The molecule has 2 rings (SSSR count).